The first-order valence-electron chi connectivity index (χ1n) is 8.45. The number of hydrogen-bond donors (Lipinski definition) is 2. The van der Waals surface area contributed by atoms with Crippen LogP contribution >= 0.6 is 24.8 Å². The molecule has 26 heavy (non-hydrogen) atoms. The van der Waals surface area contributed by atoms with Crippen molar-refractivity contribution in [2.75, 3.05) is 31.5 Å². The van der Waals surface area contributed by atoms with E-state index >= 15 is 0 Å². The Kier molecular flexibility index (Phi) is 9.41. The van der Waals surface area contributed by atoms with Crippen molar-refractivity contribution in [1.82, 2.24) is 15.2 Å². The largest absolute Gasteiger partial charge is 0.384 e. The molecule has 142 valence electrons. The predicted molar refractivity (Wildman–Crippen MR) is 110 cm³/mol. The van der Waals surface area contributed by atoms with E-state index in [4.69, 9.17) is 0 Å². The third kappa shape index (κ3) is 5.59. The van der Waals surface area contributed by atoms with Crippen LogP contribution in [0.15, 0.2) is 48.8 Å². The van der Waals surface area contributed by atoms with Gasteiger partial charge in [-0.25, -0.2) is 0 Å². The lowest BCUT2D eigenvalue weighted by Gasteiger charge is -2.36. The highest BCUT2D eigenvalue weighted by atomic mass is 35.5. The van der Waals surface area contributed by atoms with Crippen LogP contribution in [0.1, 0.15) is 23.6 Å². The van der Waals surface area contributed by atoms with Crippen LogP contribution in [0.5, 0.6) is 0 Å². The van der Waals surface area contributed by atoms with Crippen LogP contribution in [-0.2, 0) is 4.79 Å². The van der Waals surface area contributed by atoms with Crippen LogP contribution in [0, 0.1) is 6.92 Å². The third-order valence-electron chi connectivity index (χ3n) is 4.43. The maximum absolute atomic E-state index is 12.7. The van der Waals surface area contributed by atoms with E-state index in [-0.39, 0.29) is 36.8 Å². The van der Waals surface area contributed by atoms with Gasteiger partial charge in [0.25, 0.3) is 0 Å². The van der Waals surface area contributed by atoms with Gasteiger partial charge in [-0.1, -0.05) is 24.3 Å². The van der Waals surface area contributed by atoms with Crippen LogP contribution in [0.25, 0.3) is 0 Å². The SMILES string of the molecule is Cc1ccccc1NCCC(=O)N1CCNCC1c1cccnc1.Cl.Cl. The van der Waals surface area contributed by atoms with Gasteiger partial charge in [0.1, 0.15) is 0 Å². The zero-order valence-corrected chi connectivity index (χ0v) is 16.5. The molecule has 0 spiro atoms. The lowest BCUT2D eigenvalue weighted by molar-refractivity contribution is -0.134. The van der Waals surface area contributed by atoms with E-state index in [1.807, 2.05) is 41.4 Å². The molecule has 2 N–H and O–H groups in total. The van der Waals surface area contributed by atoms with Crippen molar-refractivity contribution >= 4 is 36.4 Å². The molecule has 1 aliphatic rings. The molecular formula is C19H26Cl2N4O. The normalized spacial score (nSPS) is 16.2. The molecule has 3 rings (SSSR count). The number of aromatic nitrogens is 1. The fourth-order valence-corrected chi connectivity index (χ4v) is 3.09. The first-order chi connectivity index (χ1) is 11.8. The molecule has 1 atom stereocenters. The molecule has 1 aromatic carbocycles. The van der Waals surface area contributed by atoms with E-state index in [1.165, 1.54) is 5.56 Å². The molecule has 2 heterocycles. The number of pyridine rings is 1. The average molecular weight is 397 g/mol. The topological polar surface area (TPSA) is 57.3 Å². The van der Waals surface area contributed by atoms with Gasteiger partial charge in [0, 0.05) is 50.7 Å². The van der Waals surface area contributed by atoms with Gasteiger partial charge in [-0.3, -0.25) is 9.78 Å². The Morgan fingerprint density at radius 1 is 1.27 bits per heavy atom. The Morgan fingerprint density at radius 3 is 2.81 bits per heavy atom. The van der Waals surface area contributed by atoms with E-state index in [2.05, 4.69) is 28.6 Å². The van der Waals surface area contributed by atoms with Crippen molar-refractivity contribution in [2.24, 2.45) is 0 Å². The highest BCUT2D eigenvalue weighted by Crippen LogP contribution is 2.22. The number of aryl methyl sites for hydroxylation is 1. The van der Waals surface area contributed by atoms with Gasteiger partial charge >= 0.3 is 0 Å². The van der Waals surface area contributed by atoms with Gasteiger partial charge in [0.15, 0.2) is 0 Å². The van der Waals surface area contributed by atoms with Crippen LogP contribution in [-0.4, -0.2) is 42.0 Å². The lowest BCUT2D eigenvalue weighted by Crippen LogP contribution is -2.49. The predicted octanol–water partition coefficient (Wildman–Crippen LogP) is 3.21. The maximum atomic E-state index is 12.7. The number of piperazine rings is 1. The second kappa shape index (κ2) is 11.0. The minimum atomic E-state index is 0. The summed E-state index contributed by atoms with van der Waals surface area (Å²) in [5, 5.41) is 6.73. The average Bonchev–Trinajstić information content (AvgIpc) is 2.64. The Labute approximate surface area is 167 Å². The summed E-state index contributed by atoms with van der Waals surface area (Å²) >= 11 is 0. The molecule has 0 saturated carbocycles. The zero-order valence-electron chi connectivity index (χ0n) is 14.9. The molecule has 5 nitrogen and oxygen atoms in total. The number of para-hydroxylation sites is 1. The molecule has 0 radical (unpaired) electrons. The van der Waals surface area contributed by atoms with Crippen LogP contribution in [0.2, 0.25) is 0 Å². The summed E-state index contributed by atoms with van der Waals surface area (Å²) in [4.78, 5) is 18.9. The first kappa shape index (κ1) is 22.2. The lowest BCUT2D eigenvalue weighted by atomic mass is 10.0. The minimum absolute atomic E-state index is 0. The number of hydrogen-bond acceptors (Lipinski definition) is 4. The molecule has 1 saturated heterocycles. The molecule has 1 aliphatic heterocycles. The van der Waals surface area contributed by atoms with E-state index in [9.17, 15) is 4.79 Å². The summed E-state index contributed by atoms with van der Waals surface area (Å²) in [6.45, 7) is 5.07. The van der Waals surface area contributed by atoms with Gasteiger partial charge in [0.2, 0.25) is 5.91 Å². The number of nitrogens with zero attached hydrogens (tertiary/aromatic N) is 2. The highest BCUT2D eigenvalue weighted by Gasteiger charge is 2.27. The monoisotopic (exact) mass is 396 g/mol. The van der Waals surface area contributed by atoms with Crippen molar-refractivity contribution in [3.8, 4) is 0 Å². The molecule has 0 bridgehead atoms. The van der Waals surface area contributed by atoms with Crippen LogP contribution in [0.3, 0.4) is 0 Å². The fourth-order valence-electron chi connectivity index (χ4n) is 3.09. The molecule has 7 heteroatoms. The van der Waals surface area contributed by atoms with Crippen molar-refractivity contribution in [3.05, 3.63) is 59.9 Å². The Hall–Kier alpha value is -1.82. The van der Waals surface area contributed by atoms with E-state index in [1.54, 1.807) is 6.20 Å². The summed E-state index contributed by atoms with van der Waals surface area (Å²) in [7, 11) is 0. The maximum Gasteiger partial charge on any atom is 0.224 e. The van der Waals surface area contributed by atoms with Crippen LogP contribution in [0.4, 0.5) is 5.69 Å². The quantitative estimate of drug-likeness (QED) is 0.814. The van der Waals surface area contributed by atoms with Crippen molar-refractivity contribution in [1.29, 1.82) is 0 Å². The molecular weight excluding hydrogens is 371 g/mol. The van der Waals surface area contributed by atoms with Crippen molar-refractivity contribution < 1.29 is 4.79 Å². The van der Waals surface area contributed by atoms with E-state index < -0.39 is 0 Å². The molecule has 0 aliphatic carbocycles. The molecule has 1 fully saturated rings. The van der Waals surface area contributed by atoms with Gasteiger partial charge in [-0.2, -0.15) is 0 Å². The van der Waals surface area contributed by atoms with E-state index in [0.717, 1.165) is 30.9 Å². The second-order valence-electron chi connectivity index (χ2n) is 6.09. The number of carbonyl (C=O) groups is 1. The number of rotatable bonds is 5. The Balaban J connectivity index is 0.00000169. The van der Waals surface area contributed by atoms with Gasteiger partial charge < -0.3 is 15.5 Å². The van der Waals surface area contributed by atoms with Crippen molar-refractivity contribution in [2.45, 2.75) is 19.4 Å². The Morgan fingerprint density at radius 2 is 2.08 bits per heavy atom. The Bertz CT molecular complexity index is 684. The number of benzene rings is 1. The van der Waals surface area contributed by atoms with Gasteiger partial charge in [-0.15, -0.1) is 24.8 Å². The number of anilines is 1. The number of carbonyl (C=O) groups excluding carboxylic acids is 1. The van der Waals surface area contributed by atoms with E-state index in [0.29, 0.717) is 13.0 Å². The fraction of sp³-hybridized carbons (Fsp3) is 0.368. The summed E-state index contributed by atoms with van der Waals surface area (Å²) in [6, 6.07) is 12.2. The van der Waals surface area contributed by atoms with Gasteiger partial charge in [0.05, 0.1) is 6.04 Å². The molecule has 1 aromatic heterocycles. The highest BCUT2D eigenvalue weighted by molar-refractivity contribution is 5.85. The third-order valence-corrected chi connectivity index (χ3v) is 4.43. The summed E-state index contributed by atoms with van der Waals surface area (Å²) < 4.78 is 0. The van der Waals surface area contributed by atoms with Gasteiger partial charge in [-0.05, 0) is 30.2 Å². The minimum Gasteiger partial charge on any atom is -0.384 e. The molecule has 2 aromatic rings. The number of amides is 1. The second-order valence-corrected chi connectivity index (χ2v) is 6.09. The smallest absolute Gasteiger partial charge is 0.224 e. The standard InChI is InChI=1S/C19H24N4O.2ClH/c1-15-5-2-3-7-17(15)22-10-8-19(24)23-12-11-21-14-18(23)16-6-4-9-20-13-16;;/h2-7,9,13,18,21-22H,8,10-12,14H2,1H3;2*1H. The zero-order chi connectivity index (χ0) is 16.8. The van der Waals surface area contributed by atoms with Crippen molar-refractivity contribution in [3.63, 3.8) is 0 Å². The number of halogens is 2. The molecule has 1 unspecified atom stereocenters. The summed E-state index contributed by atoms with van der Waals surface area (Å²) in [5.74, 6) is 0.187. The molecule has 1 amide bonds. The number of nitrogens with one attached hydrogen (secondary N) is 2. The first-order valence-corrected chi connectivity index (χ1v) is 8.45. The van der Waals surface area contributed by atoms with Crippen LogP contribution < -0.4 is 10.6 Å². The summed E-state index contributed by atoms with van der Waals surface area (Å²) in [5.41, 5.74) is 3.37. The summed E-state index contributed by atoms with van der Waals surface area (Å²) in [6.07, 6.45) is 4.10.